The van der Waals surface area contributed by atoms with Gasteiger partial charge in [0.2, 0.25) is 0 Å². The quantitative estimate of drug-likeness (QED) is 0.283. The zero-order valence-corrected chi connectivity index (χ0v) is 13.0. The second-order valence-corrected chi connectivity index (χ2v) is 3.53. The molecule has 0 fully saturated rings. The van der Waals surface area contributed by atoms with Crippen LogP contribution in [0.4, 0.5) is 0 Å². The Labute approximate surface area is 125 Å². The first kappa shape index (κ1) is 17.2. The van der Waals surface area contributed by atoms with Gasteiger partial charge >= 0.3 is 0 Å². The Morgan fingerprint density at radius 3 is 2.89 bits per heavy atom. The molecule has 0 aliphatic carbocycles. The van der Waals surface area contributed by atoms with E-state index in [1.165, 1.54) is 0 Å². The van der Waals surface area contributed by atoms with Gasteiger partial charge in [0.15, 0.2) is 5.96 Å². The van der Waals surface area contributed by atoms with Crippen molar-refractivity contribution in [3.63, 3.8) is 0 Å². The van der Waals surface area contributed by atoms with Crippen molar-refractivity contribution in [2.24, 2.45) is 4.99 Å². The van der Waals surface area contributed by atoms with Gasteiger partial charge in [0.25, 0.3) is 0 Å². The molecule has 0 saturated heterocycles. The third-order valence-electron chi connectivity index (χ3n) is 2.12. The summed E-state index contributed by atoms with van der Waals surface area (Å²) in [6.07, 6.45) is 4.66. The van der Waals surface area contributed by atoms with Gasteiger partial charge in [-0.2, -0.15) is 5.10 Å². The van der Waals surface area contributed by atoms with E-state index in [4.69, 9.17) is 5.11 Å². The average molecular weight is 367 g/mol. The maximum Gasteiger partial charge on any atom is 0.191 e. The number of rotatable bonds is 7. The second kappa shape index (κ2) is 11.3. The number of halogens is 1. The van der Waals surface area contributed by atoms with Crippen LogP contribution in [0.25, 0.3) is 0 Å². The molecule has 0 unspecified atom stereocenters. The molecule has 0 radical (unpaired) electrons. The lowest BCUT2D eigenvalue weighted by molar-refractivity contribution is 0.300. The van der Waals surface area contributed by atoms with Gasteiger partial charge in [0.05, 0.1) is 6.61 Å². The van der Waals surface area contributed by atoms with E-state index in [0.717, 1.165) is 32.0 Å². The summed E-state index contributed by atoms with van der Waals surface area (Å²) >= 11 is 0. The Hall–Kier alpha value is -0.830. The molecule has 104 valence electrons. The Kier molecular flexibility index (Phi) is 10.8. The number of aliphatic imine (C=N–C) groups is 1. The molecule has 18 heavy (non-hydrogen) atoms. The molecule has 1 heterocycles. The molecule has 0 aliphatic rings. The van der Waals surface area contributed by atoms with Gasteiger partial charge in [-0.25, -0.2) is 0 Å². The summed E-state index contributed by atoms with van der Waals surface area (Å²) in [5.41, 5.74) is 0. The van der Waals surface area contributed by atoms with E-state index < -0.39 is 0 Å². The zero-order valence-electron chi connectivity index (χ0n) is 10.7. The van der Waals surface area contributed by atoms with Crippen LogP contribution < -0.4 is 10.6 Å². The summed E-state index contributed by atoms with van der Waals surface area (Å²) in [7, 11) is 0. The number of aliphatic hydroxyl groups is 1. The van der Waals surface area contributed by atoms with Gasteiger partial charge in [-0.3, -0.25) is 9.67 Å². The van der Waals surface area contributed by atoms with Gasteiger partial charge in [-0.1, -0.05) is 0 Å². The number of aromatic nitrogens is 2. The first-order valence-corrected chi connectivity index (χ1v) is 5.97. The van der Waals surface area contributed by atoms with Gasteiger partial charge in [0, 0.05) is 38.6 Å². The van der Waals surface area contributed by atoms with Crippen molar-refractivity contribution in [1.82, 2.24) is 20.4 Å². The Balaban J connectivity index is 0.00000289. The number of nitrogens with one attached hydrogen (secondary N) is 2. The van der Waals surface area contributed by atoms with Crippen molar-refractivity contribution in [3.8, 4) is 0 Å². The highest BCUT2D eigenvalue weighted by Gasteiger charge is 1.95. The van der Waals surface area contributed by atoms with Crippen molar-refractivity contribution >= 4 is 29.9 Å². The molecule has 0 spiro atoms. The first-order valence-electron chi connectivity index (χ1n) is 5.97. The molecule has 1 aromatic rings. The van der Waals surface area contributed by atoms with Crippen LogP contribution in [0.1, 0.15) is 13.3 Å². The number of hydrogen-bond acceptors (Lipinski definition) is 3. The predicted molar refractivity (Wildman–Crippen MR) is 83.3 cm³/mol. The highest BCUT2D eigenvalue weighted by atomic mass is 127. The maximum absolute atomic E-state index is 8.72. The van der Waals surface area contributed by atoms with Crippen molar-refractivity contribution < 1.29 is 5.11 Å². The van der Waals surface area contributed by atoms with Gasteiger partial charge in [0.1, 0.15) is 0 Å². The van der Waals surface area contributed by atoms with Gasteiger partial charge in [-0.05, 0) is 19.4 Å². The van der Waals surface area contributed by atoms with E-state index in [-0.39, 0.29) is 30.6 Å². The third-order valence-corrected chi connectivity index (χ3v) is 2.12. The Morgan fingerprint density at radius 1 is 1.44 bits per heavy atom. The van der Waals surface area contributed by atoms with E-state index in [2.05, 4.69) is 20.7 Å². The van der Waals surface area contributed by atoms with Crippen LogP contribution in [-0.2, 0) is 6.54 Å². The topological polar surface area (TPSA) is 74.5 Å². The second-order valence-electron chi connectivity index (χ2n) is 3.53. The van der Waals surface area contributed by atoms with Crippen LogP contribution in [0.2, 0.25) is 0 Å². The summed E-state index contributed by atoms with van der Waals surface area (Å²) in [6.45, 7) is 5.07. The van der Waals surface area contributed by atoms with Crippen molar-refractivity contribution in [1.29, 1.82) is 0 Å². The van der Waals surface area contributed by atoms with Crippen LogP contribution in [0.3, 0.4) is 0 Å². The molecule has 1 aromatic heterocycles. The van der Waals surface area contributed by atoms with Crippen LogP contribution >= 0.6 is 24.0 Å². The Bertz CT molecular complexity index is 315. The molecule has 0 aliphatic heterocycles. The van der Waals surface area contributed by atoms with Crippen molar-refractivity contribution in [2.75, 3.05) is 26.2 Å². The molecule has 0 aromatic carbocycles. The van der Waals surface area contributed by atoms with E-state index in [9.17, 15) is 0 Å². The summed E-state index contributed by atoms with van der Waals surface area (Å²) in [5, 5.41) is 19.0. The summed E-state index contributed by atoms with van der Waals surface area (Å²) in [4.78, 5) is 4.39. The van der Waals surface area contributed by atoms with Crippen LogP contribution in [0.15, 0.2) is 23.5 Å². The van der Waals surface area contributed by atoms with Crippen molar-refractivity contribution in [2.45, 2.75) is 19.9 Å². The fourth-order valence-electron chi connectivity index (χ4n) is 1.37. The number of aryl methyl sites for hydroxylation is 1. The first-order chi connectivity index (χ1) is 8.36. The minimum atomic E-state index is 0. The molecular weight excluding hydrogens is 345 g/mol. The average Bonchev–Trinajstić information content (AvgIpc) is 2.84. The smallest absolute Gasteiger partial charge is 0.191 e. The standard InChI is InChI=1S/C11H21N5O.HI/c1-2-12-11(14-7-10-17)13-5-3-8-16-9-4-6-15-16;/h4,6,9,17H,2-3,5,7-8,10H2,1H3,(H2,12,13,14);1H. The minimum absolute atomic E-state index is 0. The molecule has 7 heteroatoms. The summed E-state index contributed by atoms with van der Waals surface area (Å²) in [6, 6.07) is 1.91. The lowest BCUT2D eigenvalue weighted by atomic mass is 10.4. The van der Waals surface area contributed by atoms with Gasteiger partial charge < -0.3 is 15.7 Å². The monoisotopic (exact) mass is 367 g/mol. The number of nitrogens with zero attached hydrogens (tertiary/aromatic N) is 3. The van der Waals surface area contributed by atoms with Crippen LogP contribution in [0, 0.1) is 0 Å². The number of hydrogen-bond donors (Lipinski definition) is 3. The third kappa shape index (κ3) is 7.49. The minimum Gasteiger partial charge on any atom is -0.395 e. The molecule has 1 rings (SSSR count). The lowest BCUT2D eigenvalue weighted by Gasteiger charge is -2.09. The maximum atomic E-state index is 8.72. The fraction of sp³-hybridized carbons (Fsp3) is 0.636. The largest absolute Gasteiger partial charge is 0.395 e. The summed E-state index contributed by atoms with van der Waals surface area (Å²) < 4.78 is 1.89. The lowest BCUT2D eigenvalue weighted by Crippen LogP contribution is -2.38. The highest BCUT2D eigenvalue weighted by molar-refractivity contribution is 14.0. The molecule has 0 amide bonds. The summed E-state index contributed by atoms with van der Waals surface area (Å²) in [5.74, 6) is 0.752. The highest BCUT2D eigenvalue weighted by Crippen LogP contribution is 1.89. The van der Waals surface area contributed by atoms with Crippen LogP contribution in [-0.4, -0.2) is 47.1 Å². The number of aliphatic hydroxyl groups excluding tert-OH is 1. The molecule has 6 nitrogen and oxygen atoms in total. The molecule has 0 atom stereocenters. The van der Waals surface area contributed by atoms with Crippen molar-refractivity contribution in [3.05, 3.63) is 18.5 Å². The number of guanidine groups is 1. The molecular formula is C11H22IN5O. The zero-order chi connectivity index (χ0) is 12.3. The normalized spacial score (nSPS) is 10.9. The van der Waals surface area contributed by atoms with E-state index >= 15 is 0 Å². The van der Waals surface area contributed by atoms with E-state index in [1.807, 2.05) is 23.9 Å². The molecule has 0 saturated carbocycles. The molecule has 0 bridgehead atoms. The van der Waals surface area contributed by atoms with Crippen LogP contribution in [0.5, 0.6) is 0 Å². The SMILES string of the molecule is CCNC(=NCCCn1cccn1)NCCO.I. The van der Waals surface area contributed by atoms with E-state index in [0.29, 0.717) is 6.54 Å². The molecule has 3 N–H and O–H groups in total. The van der Waals surface area contributed by atoms with Gasteiger partial charge in [-0.15, -0.1) is 24.0 Å². The predicted octanol–water partition coefficient (Wildman–Crippen LogP) is 0.439. The Morgan fingerprint density at radius 2 is 2.28 bits per heavy atom. The fourth-order valence-corrected chi connectivity index (χ4v) is 1.37. The van der Waals surface area contributed by atoms with E-state index in [1.54, 1.807) is 6.20 Å².